The van der Waals surface area contributed by atoms with E-state index in [0.717, 1.165) is 9.99 Å². The molecule has 2 amide bonds. The number of nitrogens with one attached hydrogen (secondary N) is 3. The predicted octanol–water partition coefficient (Wildman–Crippen LogP) is 2.56. The lowest BCUT2D eigenvalue weighted by Crippen LogP contribution is -2.35. The average Bonchev–Trinajstić information content (AvgIpc) is 2.50. The van der Waals surface area contributed by atoms with Crippen LogP contribution >= 0.6 is 22.6 Å². The molecule has 4 N–H and O–H groups in total. The van der Waals surface area contributed by atoms with Crippen molar-refractivity contribution in [1.82, 2.24) is 10.6 Å². The Morgan fingerprint density at radius 3 is 2.74 bits per heavy atom. The number of benzene rings is 1. The molecule has 1 atom stereocenters. The van der Waals surface area contributed by atoms with E-state index >= 15 is 0 Å². The number of anilines is 1. The summed E-state index contributed by atoms with van der Waals surface area (Å²) < 4.78 is 6.50. The van der Waals surface area contributed by atoms with Gasteiger partial charge in [0.05, 0.1) is 3.57 Å². The molecule has 1 aromatic rings. The Balaban J connectivity index is 2.48. The summed E-state index contributed by atoms with van der Waals surface area (Å²) in [6.07, 6.45) is 0.331. The van der Waals surface area contributed by atoms with Gasteiger partial charge in [0.15, 0.2) is 0 Å². The molecule has 23 heavy (non-hydrogen) atoms. The zero-order chi connectivity index (χ0) is 17.2. The van der Waals surface area contributed by atoms with Crippen LogP contribution in [0.15, 0.2) is 18.2 Å². The van der Waals surface area contributed by atoms with Crippen LogP contribution in [-0.2, 0) is 0 Å². The third kappa shape index (κ3) is 8.38. The molecule has 0 aliphatic rings. The molecule has 0 spiro atoms. The van der Waals surface area contributed by atoms with Gasteiger partial charge in [-0.3, -0.25) is 0 Å². The summed E-state index contributed by atoms with van der Waals surface area (Å²) in [4.78, 5) is 11.6. The fraction of sp³-hybridized carbons (Fsp3) is 0.562. The number of halogens is 1. The summed E-state index contributed by atoms with van der Waals surface area (Å²) in [5, 5.41) is 18.5. The molecule has 1 aromatic carbocycles. The number of hydrogen-bond donors (Lipinski definition) is 4. The lowest BCUT2D eigenvalue weighted by molar-refractivity contribution is 0.104. The number of rotatable bonds is 9. The van der Waals surface area contributed by atoms with Crippen LogP contribution in [0.2, 0.25) is 0 Å². The Labute approximate surface area is 151 Å². The summed E-state index contributed by atoms with van der Waals surface area (Å²) in [5.74, 6) is 0.689. The highest BCUT2D eigenvalue weighted by Gasteiger charge is 2.09. The second-order valence-corrected chi connectivity index (χ2v) is 6.72. The topological polar surface area (TPSA) is 82.6 Å². The number of carbonyl (C=O) groups is 1. The summed E-state index contributed by atoms with van der Waals surface area (Å²) in [6.45, 7) is 7.41. The Hall–Kier alpha value is -1.06. The minimum Gasteiger partial charge on any atom is -0.490 e. The molecule has 6 nitrogen and oxygen atoms in total. The van der Waals surface area contributed by atoms with Gasteiger partial charge in [0, 0.05) is 24.8 Å². The fourth-order valence-electron chi connectivity index (χ4n) is 1.73. The number of hydrogen-bond acceptors (Lipinski definition) is 4. The number of carbonyl (C=O) groups excluding carboxylic acids is 1. The van der Waals surface area contributed by atoms with E-state index in [1.165, 1.54) is 0 Å². The highest BCUT2D eigenvalue weighted by Crippen LogP contribution is 2.24. The van der Waals surface area contributed by atoms with E-state index in [1.807, 2.05) is 26.8 Å². The van der Waals surface area contributed by atoms with Gasteiger partial charge in [-0.2, -0.15) is 0 Å². The maximum Gasteiger partial charge on any atom is 0.319 e. The van der Waals surface area contributed by atoms with Crippen LogP contribution in [0.4, 0.5) is 10.5 Å². The van der Waals surface area contributed by atoms with Crippen LogP contribution in [0, 0.1) is 3.57 Å². The first-order valence-corrected chi connectivity index (χ1v) is 8.88. The van der Waals surface area contributed by atoms with E-state index in [1.54, 1.807) is 12.1 Å². The van der Waals surface area contributed by atoms with Crippen LogP contribution < -0.4 is 20.7 Å². The number of aliphatic hydroxyl groups is 1. The second-order valence-electron chi connectivity index (χ2n) is 5.55. The van der Waals surface area contributed by atoms with E-state index in [4.69, 9.17) is 4.74 Å². The molecule has 0 heterocycles. The van der Waals surface area contributed by atoms with Crippen molar-refractivity contribution in [3.8, 4) is 5.75 Å². The first kappa shape index (κ1) is 20.0. The van der Waals surface area contributed by atoms with Crippen LogP contribution in [0.5, 0.6) is 5.75 Å². The van der Waals surface area contributed by atoms with Gasteiger partial charge in [0.2, 0.25) is 0 Å². The summed E-state index contributed by atoms with van der Waals surface area (Å²) in [6, 6.07) is 5.52. The molecule has 130 valence electrons. The third-order valence-electron chi connectivity index (χ3n) is 2.92. The number of amides is 2. The molecule has 1 unspecified atom stereocenters. The Morgan fingerprint density at radius 2 is 2.13 bits per heavy atom. The third-order valence-corrected chi connectivity index (χ3v) is 3.76. The highest BCUT2D eigenvalue weighted by atomic mass is 127. The molecule has 1 rings (SSSR count). The molecular weight excluding hydrogens is 409 g/mol. The smallest absolute Gasteiger partial charge is 0.319 e. The largest absolute Gasteiger partial charge is 0.490 e. The van der Waals surface area contributed by atoms with Gasteiger partial charge in [-0.05, 0) is 47.2 Å². The summed E-state index contributed by atoms with van der Waals surface area (Å²) >= 11 is 2.15. The zero-order valence-electron chi connectivity index (χ0n) is 13.9. The lowest BCUT2D eigenvalue weighted by atomic mass is 10.3. The van der Waals surface area contributed by atoms with Gasteiger partial charge < -0.3 is 25.8 Å². The number of urea groups is 1. The maximum atomic E-state index is 11.6. The quantitative estimate of drug-likeness (QED) is 0.450. The minimum absolute atomic E-state index is 0.216. The van der Waals surface area contributed by atoms with Crippen molar-refractivity contribution in [1.29, 1.82) is 0 Å². The second kappa shape index (κ2) is 10.7. The van der Waals surface area contributed by atoms with Crippen LogP contribution in [-0.4, -0.2) is 43.0 Å². The molecule has 0 aromatic heterocycles. The van der Waals surface area contributed by atoms with Crippen LogP contribution in [0.3, 0.4) is 0 Å². The lowest BCUT2D eigenvalue weighted by Gasteiger charge is -2.16. The molecule has 0 aliphatic carbocycles. The van der Waals surface area contributed by atoms with Crippen molar-refractivity contribution in [2.24, 2.45) is 0 Å². The summed E-state index contributed by atoms with van der Waals surface area (Å²) in [7, 11) is 0. The van der Waals surface area contributed by atoms with Gasteiger partial charge >= 0.3 is 6.03 Å². The van der Waals surface area contributed by atoms with Crippen molar-refractivity contribution in [2.75, 3.05) is 25.0 Å². The van der Waals surface area contributed by atoms with E-state index in [9.17, 15) is 9.90 Å². The first-order chi connectivity index (χ1) is 10.9. The van der Waals surface area contributed by atoms with Crippen molar-refractivity contribution in [3.63, 3.8) is 0 Å². The van der Waals surface area contributed by atoms with Crippen molar-refractivity contribution in [2.45, 2.75) is 39.3 Å². The van der Waals surface area contributed by atoms with Crippen LogP contribution in [0.25, 0.3) is 0 Å². The Bertz CT molecular complexity index is 497. The van der Waals surface area contributed by atoms with E-state index in [0.29, 0.717) is 30.6 Å². The molecule has 0 aliphatic heterocycles. The van der Waals surface area contributed by atoms with Gasteiger partial charge in [0.25, 0.3) is 0 Å². The highest BCUT2D eigenvalue weighted by molar-refractivity contribution is 14.1. The number of aliphatic hydroxyl groups excluding tert-OH is 1. The minimum atomic E-state index is -0.564. The van der Waals surface area contributed by atoms with Gasteiger partial charge in [0.1, 0.15) is 18.5 Å². The Morgan fingerprint density at radius 1 is 1.39 bits per heavy atom. The van der Waals surface area contributed by atoms with E-state index in [2.05, 4.69) is 38.5 Å². The van der Waals surface area contributed by atoms with Gasteiger partial charge in [-0.1, -0.05) is 20.8 Å². The fourth-order valence-corrected chi connectivity index (χ4v) is 2.40. The van der Waals surface area contributed by atoms with Crippen molar-refractivity contribution >= 4 is 34.3 Å². The number of ether oxygens (including phenoxy) is 1. The van der Waals surface area contributed by atoms with Gasteiger partial charge in [-0.25, -0.2) is 4.79 Å². The molecular formula is C16H26IN3O3. The van der Waals surface area contributed by atoms with E-state index < -0.39 is 6.10 Å². The Kier molecular flexibility index (Phi) is 9.27. The first-order valence-electron chi connectivity index (χ1n) is 7.81. The van der Waals surface area contributed by atoms with Crippen LogP contribution in [0.1, 0.15) is 27.2 Å². The molecule has 0 radical (unpaired) electrons. The standard InChI is InChI=1S/C16H26IN3O3/c1-4-7-18-16(22)20-12-5-6-15(14(17)8-12)23-10-13(21)9-19-11(2)3/h5-6,8,11,13,19,21H,4,7,9-10H2,1-3H3,(H2,18,20,22). The molecule has 0 saturated carbocycles. The normalized spacial score (nSPS) is 12.1. The van der Waals surface area contributed by atoms with E-state index in [-0.39, 0.29) is 12.6 Å². The average molecular weight is 435 g/mol. The molecule has 0 bridgehead atoms. The SMILES string of the molecule is CCCNC(=O)Nc1ccc(OCC(O)CNC(C)C)c(I)c1. The molecule has 0 saturated heterocycles. The van der Waals surface area contributed by atoms with Crippen molar-refractivity contribution in [3.05, 3.63) is 21.8 Å². The monoisotopic (exact) mass is 435 g/mol. The molecule has 0 fully saturated rings. The predicted molar refractivity (Wildman–Crippen MR) is 101 cm³/mol. The van der Waals surface area contributed by atoms with Crippen molar-refractivity contribution < 1.29 is 14.6 Å². The maximum absolute atomic E-state index is 11.6. The summed E-state index contributed by atoms with van der Waals surface area (Å²) in [5.41, 5.74) is 0.706. The van der Waals surface area contributed by atoms with Gasteiger partial charge in [-0.15, -0.1) is 0 Å². The molecule has 7 heteroatoms. The zero-order valence-corrected chi connectivity index (χ0v) is 16.0.